The summed E-state index contributed by atoms with van der Waals surface area (Å²) in [6.45, 7) is 4.22. The molecule has 1 saturated heterocycles. The molecule has 1 heterocycles. The second kappa shape index (κ2) is 5.94. The number of para-hydroxylation sites is 2. The van der Waals surface area contributed by atoms with Gasteiger partial charge >= 0.3 is 0 Å². The van der Waals surface area contributed by atoms with Gasteiger partial charge in [-0.2, -0.15) is 0 Å². The molecule has 20 heavy (non-hydrogen) atoms. The molecule has 1 N–H and O–H groups in total. The fourth-order valence-electron chi connectivity index (χ4n) is 2.37. The van der Waals surface area contributed by atoms with Gasteiger partial charge in [0.2, 0.25) is 11.8 Å². The molecule has 1 atom stereocenters. The molecule has 0 aliphatic carbocycles. The molecule has 2 rings (SSSR count). The second-order valence-corrected chi connectivity index (χ2v) is 5.24. The molecule has 1 aromatic carbocycles. The highest BCUT2D eigenvalue weighted by atomic mass is 16.5. The van der Waals surface area contributed by atoms with Crippen molar-refractivity contribution >= 4 is 17.5 Å². The summed E-state index contributed by atoms with van der Waals surface area (Å²) in [5.41, 5.74) is 0.722. The standard InChI is InChI=1S/C15H20N2O3/c1-10(2)16-15(19)11-8-14(18)17(9-11)12-6-4-5-7-13(12)20-3/h4-7,10-11H,8-9H2,1-3H3,(H,16,19)/t11-/m1/s1. The maximum Gasteiger partial charge on any atom is 0.227 e. The summed E-state index contributed by atoms with van der Waals surface area (Å²) in [5, 5.41) is 2.86. The van der Waals surface area contributed by atoms with E-state index < -0.39 is 0 Å². The topological polar surface area (TPSA) is 58.6 Å². The zero-order valence-corrected chi connectivity index (χ0v) is 12.1. The number of amides is 2. The first kappa shape index (κ1) is 14.4. The van der Waals surface area contributed by atoms with Gasteiger partial charge < -0.3 is 15.0 Å². The monoisotopic (exact) mass is 276 g/mol. The number of benzene rings is 1. The fourth-order valence-corrected chi connectivity index (χ4v) is 2.37. The molecule has 0 saturated carbocycles. The molecule has 0 spiro atoms. The highest BCUT2D eigenvalue weighted by molar-refractivity contribution is 6.01. The largest absolute Gasteiger partial charge is 0.495 e. The summed E-state index contributed by atoms with van der Waals surface area (Å²) < 4.78 is 5.27. The van der Waals surface area contributed by atoms with Gasteiger partial charge in [0.25, 0.3) is 0 Å². The van der Waals surface area contributed by atoms with Crippen LogP contribution in [0, 0.1) is 5.92 Å². The Balaban J connectivity index is 2.15. The fraction of sp³-hybridized carbons (Fsp3) is 0.467. The minimum Gasteiger partial charge on any atom is -0.495 e. The van der Waals surface area contributed by atoms with Gasteiger partial charge in [-0.05, 0) is 26.0 Å². The van der Waals surface area contributed by atoms with Crippen LogP contribution in [0.1, 0.15) is 20.3 Å². The van der Waals surface area contributed by atoms with Crippen LogP contribution in [0.5, 0.6) is 5.75 Å². The van der Waals surface area contributed by atoms with Crippen molar-refractivity contribution in [3.8, 4) is 5.75 Å². The molecular formula is C15H20N2O3. The van der Waals surface area contributed by atoms with Gasteiger partial charge in [-0.15, -0.1) is 0 Å². The van der Waals surface area contributed by atoms with E-state index in [9.17, 15) is 9.59 Å². The Hall–Kier alpha value is -2.04. The molecule has 5 heteroatoms. The van der Waals surface area contributed by atoms with Crippen LogP contribution in [-0.4, -0.2) is 31.5 Å². The highest BCUT2D eigenvalue weighted by Gasteiger charge is 2.36. The lowest BCUT2D eigenvalue weighted by Crippen LogP contribution is -2.37. The second-order valence-electron chi connectivity index (χ2n) is 5.24. The first-order chi connectivity index (χ1) is 9.52. The number of methoxy groups -OCH3 is 1. The van der Waals surface area contributed by atoms with Crippen molar-refractivity contribution in [1.82, 2.24) is 5.32 Å². The summed E-state index contributed by atoms with van der Waals surface area (Å²) in [6.07, 6.45) is 0.247. The molecule has 5 nitrogen and oxygen atoms in total. The quantitative estimate of drug-likeness (QED) is 0.908. The summed E-state index contributed by atoms with van der Waals surface area (Å²) in [5.74, 6) is 0.240. The van der Waals surface area contributed by atoms with Crippen LogP contribution in [0.4, 0.5) is 5.69 Å². The summed E-state index contributed by atoms with van der Waals surface area (Å²) in [4.78, 5) is 25.8. The number of rotatable bonds is 4. The SMILES string of the molecule is COc1ccccc1N1C[C@H](C(=O)NC(C)C)CC1=O. The van der Waals surface area contributed by atoms with Gasteiger partial charge in [0, 0.05) is 19.0 Å². The Labute approximate surface area is 118 Å². The van der Waals surface area contributed by atoms with E-state index in [4.69, 9.17) is 4.74 Å². The lowest BCUT2D eigenvalue weighted by Gasteiger charge is -2.19. The molecular weight excluding hydrogens is 256 g/mol. The van der Waals surface area contributed by atoms with Gasteiger partial charge in [-0.25, -0.2) is 0 Å². The number of ether oxygens (including phenoxy) is 1. The normalized spacial score (nSPS) is 18.5. The lowest BCUT2D eigenvalue weighted by atomic mass is 10.1. The van der Waals surface area contributed by atoms with E-state index in [0.717, 1.165) is 5.69 Å². The zero-order valence-electron chi connectivity index (χ0n) is 12.1. The summed E-state index contributed by atoms with van der Waals surface area (Å²) in [7, 11) is 1.57. The Morgan fingerprint density at radius 1 is 1.40 bits per heavy atom. The third-order valence-electron chi connectivity index (χ3n) is 3.30. The molecule has 0 unspecified atom stereocenters. The molecule has 2 amide bonds. The van der Waals surface area contributed by atoms with Crippen molar-refractivity contribution in [2.75, 3.05) is 18.6 Å². The minimum absolute atomic E-state index is 0.0431. The van der Waals surface area contributed by atoms with Crippen LogP contribution >= 0.6 is 0 Å². The maximum absolute atomic E-state index is 12.1. The number of hydrogen-bond donors (Lipinski definition) is 1. The van der Waals surface area contributed by atoms with Crippen LogP contribution < -0.4 is 15.0 Å². The predicted octanol–water partition coefficient (Wildman–Crippen LogP) is 1.57. The average Bonchev–Trinajstić information content (AvgIpc) is 2.80. The zero-order chi connectivity index (χ0) is 14.7. The van der Waals surface area contributed by atoms with E-state index in [1.54, 1.807) is 12.0 Å². The van der Waals surface area contributed by atoms with E-state index in [-0.39, 0.29) is 30.2 Å². The first-order valence-electron chi connectivity index (χ1n) is 6.76. The van der Waals surface area contributed by atoms with Gasteiger partial charge in [0.05, 0.1) is 18.7 Å². The van der Waals surface area contributed by atoms with Gasteiger partial charge in [0.1, 0.15) is 5.75 Å². The third kappa shape index (κ3) is 2.92. The average molecular weight is 276 g/mol. The third-order valence-corrected chi connectivity index (χ3v) is 3.30. The Kier molecular flexibility index (Phi) is 4.27. The van der Waals surface area contributed by atoms with Crippen LogP contribution in [-0.2, 0) is 9.59 Å². The first-order valence-corrected chi connectivity index (χ1v) is 6.76. The minimum atomic E-state index is -0.296. The van der Waals surface area contributed by atoms with Crippen molar-refractivity contribution in [3.63, 3.8) is 0 Å². The Morgan fingerprint density at radius 2 is 2.10 bits per heavy atom. The van der Waals surface area contributed by atoms with E-state index >= 15 is 0 Å². The predicted molar refractivity (Wildman–Crippen MR) is 76.7 cm³/mol. The summed E-state index contributed by atoms with van der Waals surface area (Å²) in [6, 6.07) is 7.43. The van der Waals surface area contributed by atoms with Crippen LogP contribution in [0.2, 0.25) is 0 Å². The molecule has 108 valence electrons. The van der Waals surface area contributed by atoms with Crippen LogP contribution in [0.25, 0.3) is 0 Å². The molecule has 1 aromatic rings. The summed E-state index contributed by atoms with van der Waals surface area (Å²) >= 11 is 0. The van der Waals surface area contributed by atoms with Crippen LogP contribution in [0.3, 0.4) is 0 Å². The molecule has 1 aliphatic rings. The number of nitrogens with one attached hydrogen (secondary N) is 1. The van der Waals surface area contributed by atoms with Crippen molar-refractivity contribution in [1.29, 1.82) is 0 Å². The molecule has 0 bridgehead atoms. The van der Waals surface area contributed by atoms with Crippen molar-refractivity contribution in [3.05, 3.63) is 24.3 Å². The van der Waals surface area contributed by atoms with E-state index in [0.29, 0.717) is 12.3 Å². The van der Waals surface area contributed by atoms with E-state index in [1.807, 2.05) is 38.1 Å². The van der Waals surface area contributed by atoms with E-state index in [1.165, 1.54) is 0 Å². The lowest BCUT2D eigenvalue weighted by molar-refractivity contribution is -0.126. The van der Waals surface area contributed by atoms with Crippen molar-refractivity contribution in [2.45, 2.75) is 26.3 Å². The van der Waals surface area contributed by atoms with Crippen molar-refractivity contribution < 1.29 is 14.3 Å². The van der Waals surface area contributed by atoms with Gasteiger partial charge in [0.15, 0.2) is 0 Å². The Bertz CT molecular complexity index is 514. The number of carbonyl (C=O) groups is 2. The number of carbonyl (C=O) groups excluding carboxylic acids is 2. The number of nitrogens with zero attached hydrogens (tertiary/aromatic N) is 1. The van der Waals surface area contributed by atoms with Gasteiger partial charge in [-0.3, -0.25) is 9.59 Å². The molecule has 0 aromatic heterocycles. The van der Waals surface area contributed by atoms with Crippen LogP contribution in [0.15, 0.2) is 24.3 Å². The number of hydrogen-bond acceptors (Lipinski definition) is 3. The maximum atomic E-state index is 12.1. The van der Waals surface area contributed by atoms with E-state index in [2.05, 4.69) is 5.32 Å². The smallest absolute Gasteiger partial charge is 0.227 e. The van der Waals surface area contributed by atoms with Gasteiger partial charge in [-0.1, -0.05) is 12.1 Å². The molecule has 1 aliphatic heterocycles. The Morgan fingerprint density at radius 3 is 2.75 bits per heavy atom. The highest BCUT2D eigenvalue weighted by Crippen LogP contribution is 2.32. The number of anilines is 1. The van der Waals surface area contributed by atoms with Crippen molar-refractivity contribution in [2.24, 2.45) is 5.92 Å². The molecule has 0 radical (unpaired) electrons. The molecule has 1 fully saturated rings.